The average Bonchev–Trinajstić information content (AvgIpc) is 3.33. The number of thioether (sulfide) groups is 1. The summed E-state index contributed by atoms with van der Waals surface area (Å²) >= 11 is 2.66. The number of nitrogens with one attached hydrogen (secondary N) is 1. The largest absolute Gasteiger partial charge is 0.496 e. The third-order valence-electron chi connectivity index (χ3n) is 5.50. The number of para-hydroxylation sites is 1. The van der Waals surface area contributed by atoms with Crippen molar-refractivity contribution in [3.05, 3.63) is 87.5 Å². The monoisotopic (exact) mass is 493 g/mol. The van der Waals surface area contributed by atoms with Crippen LogP contribution < -0.4 is 15.6 Å². The number of nitrogens with zero attached hydrogens (tertiary/aromatic N) is 2. The molecule has 0 radical (unpaired) electrons. The van der Waals surface area contributed by atoms with Crippen LogP contribution in [-0.4, -0.2) is 34.4 Å². The molecule has 0 unspecified atom stereocenters. The number of thiophene rings is 1. The van der Waals surface area contributed by atoms with Gasteiger partial charge in [0.1, 0.15) is 10.4 Å². The summed E-state index contributed by atoms with van der Waals surface area (Å²) < 4.78 is 7.70. The molecule has 4 aromatic rings. The summed E-state index contributed by atoms with van der Waals surface area (Å²) in [6.07, 6.45) is 1.77. The van der Waals surface area contributed by atoms with Gasteiger partial charge in [-0.2, -0.15) is 0 Å². The number of amides is 1. The molecule has 2 aromatic carbocycles. The Hall–Kier alpha value is -3.10. The number of benzene rings is 2. The second kappa shape index (κ2) is 11.4. The topological polar surface area (TPSA) is 73.2 Å². The highest BCUT2D eigenvalue weighted by molar-refractivity contribution is 7.99. The van der Waals surface area contributed by atoms with Crippen LogP contribution in [0.4, 0.5) is 0 Å². The van der Waals surface area contributed by atoms with E-state index in [1.807, 2.05) is 60.8 Å². The summed E-state index contributed by atoms with van der Waals surface area (Å²) in [6.45, 7) is 2.33. The van der Waals surface area contributed by atoms with Crippen molar-refractivity contribution in [2.75, 3.05) is 12.9 Å². The molecule has 0 spiro atoms. The normalized spacial score (nSPS) is 11.9. The van der Waals surface area contributed by atoms with Crippen molar-refractivity contribution in [1.82, 2.24) is 14.9 Å². The minimum atomic E-state index is -0.106. The van der Waals surface area contributed by atoms with Crippen LogP contribution in [-0.2, 0) is 17.8 Å². The molecule has 0 aliphatic heterocycles. The van der Waals surface area contributed by atoms with Crippen LogP contribution in [0.15, 0.2) is 76.0 Å². The quantitative estimate of drug-likeness (QED) is 0.255. The van der Waals surface area contributed by atoms with E-state index in [4.69, 9.17) is 9.72 Å². The standard InChI is InChI=1S/C26H27N3O3S2/c1-18(12-13-19-8-4-3-5-9-19)27-23(30)17-34-26-28-21-14-15-33-24(21)25(31)29(26)16-20-10-6-7-11-22(20)32-2/h3-11,14-15,18H,12-13,16-17H2,1-2H3,(H,27,30)/t18-/m1/s1. The summed E-state index contributed by atoms with van der Waals surface area (Å²) in [5.74, 6) is 0.819. The van der Waals surface area contributed by atoms with Crippen molar-refractivity contribution in [1.29, 1.82) is 0 Å². The fraction of sp³-hybridized carbons (Fsp3) is 0.269. The fourth-order valence-corrected chi connectivity index (χ4v) is 5.31. The van der Waals surface area contributed by atoms with Crippen molar-refractivity contribution < 1.29 is 9.53 Å². The number of aromatic nitrogens is 2. The molecule has 0 saturated carbocycles. The first kappa shape index (κ1) is 24.0. The fourth-order valence-electron chi connectivity index (χ4n) is 3.72. The first-order valence-electron chi connectivity index (χ1n) is 11.1. The van der Waals surface area contributed by atoms with Crippen LogP contribution in [0.3, 0.4) is 0 Å². The van der Waals surface area contributed by atoms with Gasteiger partial charge in [-0.1, -0.05) is 60.3 Å². The molecule has 34 heavy (non-hydrogen) atoms. The predicted molar refractivity (Wildman–Crippen MR) is 139 cm³/mol. The summed E-state index contributed by atoms with van der Waals surface area (Å²) in [7, 11) is 1.61. The number of hydrogen-bond donors (Lipinski definition) is 1. The number of carbonyl (C=O) groups excluding carboxylic acids is 1. The summed E-state index contributed by atoms with van der Waals surface area (Å²) in [6, 6.07) is 19.7. The maximum atomic E-state index is 13.2. The molecule has 0 aliphatic rings. The molecular weight excluding hydrogens is 466 g/mol. The number of ether oxygens (including phenoxy) is 1. The number of aryl methyl sites for hydroxylation is 1. The highest BCUT2D eigenvalue weighted by Crippen LogP contribution is 2.24. The van der Waals surface area contributed by atoms with Gasteiger partial charge in [-0.05, 0) is 42.8 Å². The van der Waals surface area contributed by atoms with Crippen LogP contribution in [0.1, 0.15) is 24.5 Å². The van der Waals surface area contributed by atoms with Gasteiger partial charge in [0.15, 0.2) is 5.16 Å². The van der Waals surface area contributed by atoms with Gasteiger partial charge in [0, 0.05) is 11.6 Å². The lowest BCUT2D eigenvalue weighted by molar-refractivity contribution is -0.119. The Labute approximate surface area is 207 Å². The Kier molecular flexibility index (Phi) is 8.03. The van der Waals surface area contributed by atoms with Crippen molar-refractivity contribution in [2.24, 2.45) is 0 Å². The Balaban J connectivity index is 1.46. The molecule has 8 heteroatoms. The molecule has 2 aromatic heterocycles. The van der Waals surface area contributed by atoms with E-state index >= 15 is 0 Å². The lowest BCUT2D eigenvalue weighted by Gasteiger charge is -2.16. The highest BCUT2D eigenvalue weighted by Gasteiger charge is 2.16. The first-order chi connectivity index (χ1) is 16.5. The SMILES string of the molecule is COc1ccccc1Cn1c(SCC(=O)N[C@H](C)CCc2ccccc2)nc2ccsc2c1=O. The van der Waals surface area contributed by atoms with Crippen LogP contribution in [0, 0.1) is 0 Å². The predicted octanol–water partition coefficient (Wildman–Crippen LogP) is 4.74. The second-order valence-corrected chi connectivity index (χ2v) is 9.87. The molecule has 0 fully saturated rings. The Morgan fingerprint density at radius 1 is 1.15 bits per heavy atom. The third-order valence-corrected chi connectivity index (χ3v) is 7.37. The van der Waals surface area contributed by atoms with Gasteiger partial charge in [0.2, 0.25) is 5.91 Å². The van der Waals surface area contributed by atoms with Crippen molar-refractivity contribution in [3.8, 4) is 5.75 Å². The van der Waals surface area contributed by atoms with Gasteiger partial charge in [-0.3, -0.25) is 14.2 Å². The van der Waals surface area contributed by atoms with Crippen molar-refractivity contribution in [2.45, 2.75) is 37.5 Å². The molecule has 1 N–H and O–H groups in total. The maximum Gasteiger partial charge on any atom is 0.272 e. The van der Waals surface area contributed by atoms with E-state index in [1.165, 1.54) is 28.7 Å². The van der Waals surface area contributed by atoms with E-state index in [0.29, 0.717) is 27.7 Å². The highest BCUT2D eigenvalue weighted by atomic mass is 32.2. The Morgan fingerprint density at radius 2 is 1.91 bits per heavy atom. The van der Waals surface area contributed by atoms with E-state index in [-0.39, 0.29) is 23.3 Å². The summed E-state index contributed by atoms with van der Waals surface area (Å²) in [5, 5.41) is 5.45. The minimum Gasteiger partial charge on any atom is -0.496 e. The molecule has 0 saturated heterocycles. The van der Waals surface area contributed by atoms with Crippen molar-refractivity contribution in [3.63, 3.8) is 0 Å². The second-order valence-electron chi connectivity index (χ2n) is 8.01. The van der Waals surface area contributed by atoms with Gasteiger partial charge in [-0.25, -0.2) is 4.98 Å². The molecule has 4 rings (SSSR count). The van der Waals surface area contributed by atoms with Crippen LogP contribution in [0.2, 0.25) is 0 Å². The Bertz CT molecular complexity index is 1320. The lowest BCUT2D eigenvalue weighted by atomic mass is 10.1. The van der Waals surface area contributed by atoms with Gasteiger partial charge in [-0.15, -0.1) is 11.3 Å². The van der Waals surface area contributed by atoms with Crippen LogP contribution >= 0.6 is 23.1 Å². The van der Waals surface area contributed by atoms with Crippen molar-refractivity contribution >= 4 is 39.2 Å². The molecule has 6 nitrogen and oxygen atoms in total. The van der Waals surface area contributed by atoms with E-state index in [1.54, 1.807) is 11.7 Å². The number of rotatable bonds is 10. The van der Waals surface area contributed by atoms with Crippen LogP contribution in [0.5, 0.6) is 5.75 Å². The summed E-state index contributed by atoms with van der Waals surface area (Å²) in [5.41, 5.74) is 2.69. The van der Waals surface area contributed by atoms with E-state index in [0.717, 1.165) is 18.4 Å². The zero-order chi connectivity index (χ0) is 23.9. The van der Waals surface area contributed by atoms with Gasteiger partial charge >= 0.3 is 0 Å². The van der Waals surface area contributed by atoms with Crippen LogP contribution in [0.25, 0.3) is 10.2 Å². The molecule has 2 heterocycles. The smallest absolute Gasteiger partial charge is 0.272 e. The third kappa shape index (κ3) is 5.87. The zero-order valence-corrected chi connectivity index (χ0v) is 20.8. The molecule has 0 bridgehead atoms. The number of hydrogen-bond acceptors (Lipinski definition) is 6. The lowest BCUT2D eigenvalue weighted by Crippen LogP contribution is -2.34. The molecule has 176 valence electrons. The van der Waals surface area contributed by atoms with Gasteiger partial charge in [0.05, 0.1) is 24.9 Å². The maximum absolute atomic E-state index is 13.2. The Morgan fingerprint density at radius 3 is 2.71 bits per heavy atom. The van der Waals surface area contributed by atoms with Gasteiger partial charge in [0.25, 0.3) is 5.56 Å². The van der Waals surface area contributed by atoms with E-state index in [9.17, 15) is 9.59 Å². The zero-order valence-electron chi connectivity index (χ0n) is 19.2. The molecular formula is C26H27N3O3S2. The average molecular weight is 494 g/mol. The molecule has 1 atom stereocenters. The number of carbonyl (C=O) groups is 1. The number of methoxy groups -OCH3 is 1. The first-order valence-corrected chi connectivity index (χ1v) is 13.0. The minimum absolute atomic E-state index is 0.0522. The van der Waals surface area contributed by atoms with Gasteiger partial charge < -0.3 is 10.1 Å². The molecule has 0 aliphatic carbocycles. The number of fused-ring (bicyclic) bond motifs is 1. The van der Waals surface area contributed by atoms with E-state index < -0.39 is 0 Å². The summed E-state index contributed by atoms with van der Waals surface area (Å²) in [4.78, 5) is 30.6. The molecule has 1 amide bonds. The van der Waals surface area contributed by atoms with E-state index in [2.05, 4.69) is 17.4 Å².